The average Bonchev–Trinajstić information content (AvgIpc) is 3.86. The topological polar surface area (TPSA) is 209 Å². The number of methoxy groups -OCH3 is 3. The largest absolute Gasteiger partial charge is 0.491 e. The van der Waals surface area contributed by atoms with Gasteiger partial charge < -0.3 is 38.8 Å². The van der Waals surface area contributed by atoms with Gasteiger partial charge in [0.2, 0.25) is 11.8 Å². The Morgan fingerprint density at radius 3 is 2.18 bits per heavy atom. The molecule has 3 aliphatic heterocycles. The standard InChI is InChI=1S/C54H52N4O13/c1-66-30-31-70-53(65)57-42-24-23-34(14-12-22-40(49(61)67-2)50(62)68-3)32-41(42)54(52(57)64)43(48(60)56-27-25-38-20-10-11-26-55-38)45-51(63)71-46(36-17-8-5-9-18-36)44(35-15-6-4-7-16-35)58(45)47(54)37-19-13-21-39(33-37)69-29-28-59/h4-11,13,15-21,23-24,26,32-33,40,43-47,59H,22,25,27-31H2,1-3H3,(H,56,60)/t43-,44-,45-,46+,47+,54-/m0/s1. The fourth-order valence-corrected chi connectivity index (χ4v) is 9.95. The molecule has 5 aromatic rings. The molecule has 0 aliphatic carbocycles. The van der Waals surface area contributed by atoms with Gasteiger partial charge in [-0.05, 0) is 64.7 Å². The number of carbonyl (C=O) groups is 6. The number of ether oxygens (including phenoxy) is 6. The van der Waals surface area contributed by atoms with E-state index in [2.05, 4.69) is 22.1 Å². The molecule has 366 valence electrons. The van der Waals surface area contributed by atoms with Crippen molar-refractivity contribution in [3.8, 4) is 17.6 Å². The monoisotopic (exact) mass is 964 g/mol. The summed E-state index contributed by atoms with van der Waals surface area (Å²) in [6, 6.07) is 31.7. The van der Waals surface area contributed by atoms with E-state index in [1.54, 1.807) is 48.7 Å². The molecule has 6 atom stereocenters. The summed E-state index contributed by atoms with van der Waals surface area (Å²) < 4.78 is 33.0. The van der Waals surface area contributed by atoms with Gasteiger partial charge in [0.05, 0.1) is 51.1 Å². The molecule has 17 nitrogen and oxygen atoms in total. The van der Waals surface area contributed by atoms with E-state index in [9.17, 15) is 19.5 Å². The maximum atomic E-state index is 16.4. The number of benzene rings is 4. The van der Waals surface area contributed by atoms with Crippen molar-refractivity contribution >= 4 is 41.5 Å². The number of cyclic esters (lactones) is 1. The highest BCUT2D eigenvalue weighted by atomic mass is 16.6. The van der Waals surface area contributed by atoms with Crippen LogP contribution in [-0.4, -0.2) is 111 Å². The molecular formula is C54H52N4O13. The third-order valence-electron chi connectivity index (χ3n) is 12.9. The first-order valence-corrected chi connectivity index (χ1v) is 23.0. The quantitative estimate of drug-likeness (QED) is 0.0440. The molecule has 17 heteroatoms. The van der Waals surface area contributed by atoms with Crippen LogP contribution in [0.3, 0.4) is 0 Å². The summed E-state index contributed by atoms with van der Waals surface area (Å²) >= 11 is 0. The van der Waals surface area contributed by atoms with Crippen molar-refractivity contribution < 1.29 is 62.3 Å². The molecule has 1 spiro atoms. The zero-order chi connectivity index (χ0) is 50.1. The van der Waals surface area contributed by atoms with E-state index in [0.717, 1.165) is 19.1 Å². The molecule has 8 rings (SSSR count). The van der Waals surface area contributed by atoms with Crippen molar-refractivity contribution in [2.45, 2.75) is 42.5 Å². The SMILES string of the molecule is COCCOC(=O)N1C(=O)[C@@]2(c3cc(C#CCC(C(=O)OC)C(=O)OC)ccc31)[C@H](C(=O)NCCc1ccccn1)[C@H]1C(=O)O[C@H](c3ccccc3)[C@H](c3ccccc3)N1[C@@H]2c1cccc(OCCO)c1. The number of amides is 3. The lowest BCUT2D eigenvalue weighted by Gasteiger charge is -2.46. The molecule has 2 N–H and O–H groups in total. The van der Waals surface area contributed by atoms with Gasteiger partial charge in [-0.2, -0.15) is 0 Å². The minimum Gasteiger partial charge on any atom is -0.491 e. The highest BCUT2D eigenvalue weighted by molar-refractivity contribution is 6.23. The Bertz CT molecular complexity index is 2800. The zero-order valence-electron chi connectivity index (χ0n) is 39.2. The number of fused-ring (bicyclic) bond motifs is 3. The Morgan fingerprint density at radius 2 is 1.51 bits per heavy atom. The van der Waals surface area contributed by atoms with Crippen LogP contribution in [0.1, 0.15) is 58.1 Å². The third kappa shape index (κ3) is 9.69. The van der Waals surface area contributed by atoms with E-state index in [1.807, 2.05) is 77.7 Å². The van der Waals surface area contributed by atoms with Crippen molar-refractivity contribution in [2.75, 3.05) is 59.2 Å². The molecule has 0 unspecified atom stereocenters. The van der Waals surface area contributed by atoms with Crippen molar-refractivity contribution in [1.82, 2.24) is 15.2 Å². The van der Waals surface area contributed by atoms with E-state index >= 15 is 14.4 Å². The number of aliphatic hydroxyl groups is 1. The van der Waals surface area contributed by atoms with Crippen molar-refractivity contribution in [3.63, 3.8) is 0 Å². The Kier molecular flexibility index (Phi) is 15.5. The van der Waals surface area contributed by atoms with Gasteiger partial charge in [-0.1, -0.05) is 90.7 Å². The number of carbonyl (C=O) groups excluding carboxylic acids is 6. The number of aromatic nitrogens is 1. The molecule has 4 heterocycles. The van der Waals surface area contributed by atoms with Gasteiger partial charge in [0, 0.05) is 44.0 Å². The second kappa shape index (κ2) is 22.2. The number of hydrogen-bond acceptors (Lipinski definition) is 15. The number of morpholine rings is 1. The predicted molar refractivity (Wildman–Crippen MR) is 254 cm³/mol. The molecule has 0 bridgehead atoms. The molecular weight excluding hydrogens is 913 g/mol. The Morgan fingerprint density at radius 1 is 0.803 bits per heavy atom. The number of esters is 3. The summed E-state index contributed by atoms with van der Waals surface area (Å²) in [6.07, 6.45) is -0.422. The Balaban J connectivity index is 1.42. The molecule has 1 aromatic heterocycles. The van der Waals surface area contributed by atoms with Gasteiger partial charge in [-0.25, -0.2) is 9.69 Å². The fraction of sp³-hybridized carbons (Fsp3) is 0.315. The Labute approximate surface area is 409 Å². The van der Waals surface area contributed by atoms with Crippen molar-refractivity contribution in [3.05, 3.63) is 161 Å². The van der Waals surface area contributed by atoms with E-state index < -0.39 is 77.3 Å². The van der Waals surface area contributed by atoms with Crippen molar-refractivity contribution in [1.29, 1.82) is 0 Å². The summed E-state index contributed by atoms with van der Waals surface area (Å²) in [7, 11) is 3.71. The molecule has 4 aromatic carbocycles. The maximum absolute atomic E-state index is 16.4. The molecule has 2 fully saturated rings. The molecule has 3 amide bonds. The van der Waals surface area contributed by atoms with Crippen LogP contribution in [0, 0.1) is 23.7 Å². The lowest BCUT2D eigenvalue weighted by atomic mass is 9.65. The third-order valence-corrected chi connectivity index (χ3v) is 12.9. The summed E-state index contributed by atoms with van der Waals surface area (Å²) in [5.41, 5.74) is 0.728. The summed E-state index contributed by atoms with van der Waals surface area (Å²) in [5, 5.41) is 12.8. The predicted octanol–water partition coefficient (Wildman–Crippen LogP) is 4.96. The lowest BCUT2D eigenvalue weighted by molar-refractivity contribution is -0.178. The van der Waals surface area contributed by atoms with Gasteiger partial charge in [0.25, 0.3) is 0 Å². The van der Waals surface area contributed by atoms with E-state index in [4.69, 9.17) is 28.4 Å². The summed E-state index contributed by atoms with van der Waals surface area (Å²) in [4.78, 5) is 94.4. The van der Waals surface area contributed by atoms with Crippen molar-refractivity contribution in [2.24, 2.45) is 11.8 Å². The van der Waals surface area contributed by atoms with Crippen LogP contribution in [-0.2, 0) is 59.5 Å². The first-order valence-electron chi connectivity index (χ1n) is 23.0. The van der Waals surface area contributed by atoms with Crippen LogP contribution in [0.25, 0.3) is 0 Å². The van der Waals surface area contributed by atoms with Crippen LogP contribution in [0.2, 0.25) is 0 Å². The fourth-order valence-electron chi connectivity index (χ4n) is 9.95. The van der Waals surface area contributed by atoms with Crippen LogP contribution in [0.4, 0.5) is 10.5 Å². The highest BCUT2D eigenvalue weighted by Gasteiger charge is 2.75. The van der Waals surface area contributed by atoms with Gasteiger partial charge in [-0.3, -0.25) is 33.9 Å². The number of rotatable bonds is 16. The van der Waals surface area contributed by atoms with Gasteiger partial charge in [0.15, 0.2) is 5.92 Å². The summed E-state index contributed by atoms with van der Waals surface area (Å²) in [6.45, 7) is -0.550. The average molecular weight is 965 g/mol. The number of hydrogen-bond donors (Lipinski definition) is 2. The van der Waals surface area contributed by atoms with Gasteiger partial charge in [0.1, 0.15) is 36.5 Å². The minimum atomic E-state index is -2.17. The molecule has 2 saturated heterocycles. The second-order valence-electron chi connectivity index (χ2n) is 16.9. The van der Waals surface area contributed by atoms with Crippen LogP contribution < -0.4 is 15.0 Å². The van der Waals surface area contributed by atoms with Gasteiger partial charge >= 0.3 is 24.0 Å². The molecule has 0 saturated carbocycles. The number of nitrogens with one attached hydrogen (secondary N) is 1. The summed E-state index contributed by atoms with van der Waals surface area (Å²) in [5.74, 6) is -0.876. The number of aliphatic hydroxyl groups excluding tert-OH is 1. The molecule has 71 heavy (non-hydrogen) atoms. The normalized spacial score (nSPS) is 21.1. The van der Waals surface area contributed by atoms with E-state index in [-0.39, 0.29) is 56.2 Å². The Hall–Kier alpha value is -7.91. The second-order valence-corrected chi connectivity index (χ2v) is 16.9. The lowest BCUT2D eigenvalue weighted by Crippen LogP contribution is -2.56. The number of pyridine rings is 1. The first-order chi connectivity index (χ1) is 34.6. The van der Waals surface area contributed by atoms with Crippen LogP contribution >= 0.6 is 0 Å². The van der Waals surface area contributed by atoms with Crippen LogP contribution in [0.5, 0.6) is 5.75 Å². The van der Waals surface area contributed by atoms with E-state index in [0.29, 0.717) is 34.6 Å². The minimum absolute atomic E-state index is 0.00429. The first kappa shape index (κ1) is 49.5. The zero-order valence-corrected chi connectivity index (χ0v) is 39.2. The van der Waals surface area contributed by atoms with Crippen LogP contribution in [0.15, 0.2) is 128 Å². The maximum Gasteiger partial charge on any atom is 0.421 e. The van der Waals surface area contributed by atoms with Gasteiger partial charge in [-0.15, -0.1) is 0 Å². The molecule has 3 aliphatic rings. The molecule has 0 radical (unpaired) electrons. The number of anilines is 1. The van der Waals surface area contributed by atoms with E-state index in [1.165, 1.54) is 13.2 Å². The smallest absolute Gasteiger partial charge is 0.421 e. The number of nitrogens with zero attached hydrogens (tertiary/aromatic N) is 3. The highest BCUT2D eigenvalue weighted by Crippen LogP contribution is 2.66. The number of imide groups is 1.